The van der Waals surface area contributed by atoms with E-state index in [1.165, 1.54) is 19.1 Å². The van der Waals surface area contributed by atoms with Crippen LogP contribution in [0.25, 0.3) is 21.8 Å². The molecule has 4 N–H and O–H groups in total. The normalized spacial score (nSPS) is 14.3. The van der Waals surface area contributed by atoms with Crippen molar-refractivity contribution in [2.75, 3.05) is 11.5 Å². The van der Waals surface area contributed by atoms with E-state index in [0.29, 0.717) is 55.6 Å². The molecule has 0 aliphatic carbocycles. The zero-order valence-corrected chi connectivity index (χ0v) is 31.2. The molecule has 0 aliphatic rings. The topological polar surface area (TPSA) is 210 Å². The molecule has 0 bridgehead atoms. The van der Waals surface area contributed by atoms with Crippen LogP contribution in [0.15, 0.2) is 97.1 Å². The molecule has 0 aliphatic heterocycles. The SMILES string of the molecule is C.Cc1cc2[nH]c(C(C)(O)CS(=O)(=O)Cc3ccccc3)cc2cc1[N+](=O)[O-].Cc1cc2[nH]c(C(C)(O)CS(=O)Cc3ccccc3)cc2cc1[N+](=O)[O-]. The molecule has 3 atom stereocenters. The number of rotatable bonds is 12. The third-order valence-corrected chi connectivity index (χ3v) is 12.1. The number of fused-ring (bicyclic) bond motifs is 2. The van der Waals surface area contributed by atoms with Gasteiger partial charge in [0.05, 0.1) is 27.1 Å². The average molecular weight is 777 g/mol. The molecule has 3 unspecified atom stereocenters. The lowest BCUT2D eigenvalue weighted by Crippen LogP contribution is -2.32. The molecule has 4 aromatic carbocycles. The molecule has 286 valence electrons. The summed E-state index contributed by atoms with van der Waals surface area (Å²) < 4.78 is 37.5. The van der Waals surface area contributed by atoms with Crippen LogP contribution in [0.2, 0.25) is 0 Å². The van der Waals surface area contributed by atoms with Gasteiger partial charge in [-0.2, -0.15) is 0 Å². The molecule has 54 heavy (non-hydrogen) atoms. The van der Waals surface area contributed by atoms with E-state index in [1.54, 1.807) is 75.4 Å². The molecular formula is C39H44N4O9S2. The van der Waals surface area contributed by atoms with E-state index < -0.39 is 47.4 Å². The highest BCUT2D eigenvalue weighted by atomic mass is 32.2. The Balaban J connectivity index is 0.000000236. The number of aromatic amines is 2. The summed E-state index contributed by atoms with van der Waals surface area (Å²) >= 11 is 0. The first-order chi connectivity index (χ1) is 24.8. The number of aromatic nitrogens is 2. The van der Waals surface area contributed by atoms with Gasteiger partial charge in [-0.3, -0.25) is 24.4 Å². The monoisotopic (exact) mass is 776 g/mol. The van der Waals surface area contributed by atoms with Crippen molar-refractivity contribution in [3.8, 4) is 0 Å². The molecule has 0 saturated heterocycles. The first-order valence-corrected chi connectivity index (χ1v) is 19.8. The van der Waals surface area contributed by atoms with Crippen molar-refractivity contribution in [3.05, 3.63) is 151 Å². The van der Waals surface area contributed by atoms with Crippen molar-refractivity contribution in [1.82, 2.24) is 9.97 Å². The summed E-state index contributed by atoms with van der Waals surface area (Å²) in [5, 5.41) is 45.0. The second-order valence-electron chi connectivity index (χ2n) is 13.6. The molecule has 0 saturated carbocycles. The van der Waals surface area contributed by atoms with Gasteiger partial charge in [0.25, 0.3) is 11.4 Å². The molecule has 15 heteroatoms. The van der Waals surface area contributed by atoms with Gasteiger partial charge in [0, 0.05) is 73.0 Å². The van der Waals surface area contributed by atoms with Crippen LogP contribution < -0.4 is 0 Å². The van der Waals surface area contributed by atoms with Crippen LogP contribution in [0.1, 0.15) is 54.9 Å². The maximum absolute atomic E-state index is 12.5. The maximum atomic E-state index is 12.5. The summed E-state index contributed by atoms with van der Waals surface area (Å²) in [5.41, 5.74) is 1.76. The molecular weight excluding hydrogens is 733 g/mol. The van der Waals surface area contributed by atoms with E-state index in [9.17, 15) is 43.1 Å². The smallest absolute Gasteiger partial charge is 0.273 e. The molecule has 0 fully saturated rings. The van der Waals surface area contributed by atoms with Gasteiger partial charge < -0.3 is 20.2 Å². The van der Waals surface area contributed by atoms with E-state index >= 15 is 0 Å². The van der Waals surface area contributed by atoms with E-state index in [4.69, 9.17) is 0 Å². The summed E-state index contributed by atoms with van der Waals surface area (Å²) in [6.07, 6.45) is 0. The molecule has 13 nitrogen and oxygen atoms in total. The largest absolute Gasteiger partial charge is 0.383 e. The number of H-pyrrole nitrogens is 2. The van der Waals surface area contributed by atoms with Gasteiger partial charge in [-0.1, -0.05) is 68.1 Å². The Hall–Kier alpha value is -5.22. The van der Waals surface area contributed by atoms with Crippen molar-refractivity contribution in [2.24, 2.45) is 0 Å². The maximum Gasteiger partial charge on any atom is 0.273 e. The lowest BCUT2D eigenvalue weighted by Gasteiger charge is -2.22. The molecule has 6 aromatic rings. The van der Waals surface area contributed by atoms with E-state index in [0.717, 1.165) is 5.56 Å². The number of nitrogens with one attached hydrogen (secondary N) is 2. The minimum atomic E-state index is -3.59. The summed E-state index contributed by atoms with van der Waals surface area (Å²) in [5.74, 6) is -0.213. The molecule has 0 radical (unpaired) electrons. The molecule has 6 rings (SSSR count). The number of benzene rings is 4. The van der Waals surface area contributed by atoms with Gasteiger partial charge in [0.2, 0.25) is 0 Å². The van der Waals surface area contributed by atoms with Gasteiger partial charge in [-0.05, 0) is 63.1 Å². The summed E-state index contributed by atoms with van der Waals surface area (Å²) in [4.78, 5) is 27.4. The van der Waals surface area contributed by atoms with Crippen molar-refractivity contribution >= 4 is 53.8 Å². The Morgan fingerprint density at radius 2 is 1.13 bits per heavy atom. The van der Waals surface area contributed by atoms with E-state index in [1.807, 2.05) is 30.3 Å². The van der Waals surface area contributed by atoms with Crippen LogP contribution in [0.5, 0.6) is 0 Å². The van der Waals surface area contributed by atoms with Crippen molar-refractivity contribution in [2.45, 2.75) is 57.8 Å². The Morgan fingerprint density at radius 1 is 0.704 bits per heavy atom. The van der Waals surface area contributed by atoms with Crippen LogP contribution in [0.4, 0.5) is 11.4 Å². The van der Waals surface area contributed by atoms with E-state index in [2.05, 4.69) is 9.97 Å². The lowest BCUT2D eigenvalue weighted by atomic mass is 10.1. The fourth-order valence-electron chi connectivity index (χ4n) is 6.12. The standard InChI is InChI=1S/C19H20N2O5S.C19H20N2O4S.CH4/c1-13-8-16-15(9-17(13)21(23)24)10-18(20-16)19(2,22)12-27(25,26)11-14-6-4-3-5-7-14;1-13-8-16-15(9-17(13)21(23)24)10-18(20-16)19(2,22)12-26(25)11-14-6-4-3-5-7-14;/h3-10,20,22H,11-12H2,1-2H3;3-10,20,22H,11-12H2,1-2H3;1H4. The fraction of sp³-hybridized carbons (Fsp3) is 0.282. The predicted octanol–water partition coefficient (Wildman–Crippen LogP) is 7.38. The molecule has 2 aromatic heterocycles. The molecule has 0 amide bonds. The average Bonchev–Trinajstić information content (AvgIpc) is 3.69. The fourth-order valence-corrected chi connectivity index (χ4v) is 9.38. The Labute approximate surface area is 315 Å². The molecule has 0 spiro atoms. The quantitative estimate of drug-likeness (QED) is 0.0720. The summed E-state index contributed by atoms with van der Waals surface area (Å²) in [6, 6.07) is 27.7. The number of sulfone groups is 1. The Bertz CT molecular complexity index is 2420. The lowest BCUT2D eigenvalue weighted by molar-refractivity contribution is -0.385. The third-order valence-electron chi connectivity index (χ3n) is 8.77. The number of nitro benzene ring substituents is 2. The van der Waals surface area contributed by atoms with Gasteiger partial charge in [0.1, 0.15) is 11.2 Å². The van der Waals surface area contributed by atoms with Crippen LogP contribution in [-0.4, -0.2) is 54.2 Å². The van der Waals surface area contributed by atoms with Gasteiger partial charge >= 0.3 is 0 Å². The second-order valence-corrected chi connectivity index (χ2v) is 17.1. The van der Waals surface area contributed by atoms with Crippen molar-refractivity contribution in [3.63, 3.8) is 0 Å². The number of nitrogens with zero attached hydrogens (tertiary/aromatic N) is 2. The van der Waals surface area contributed by atoms with E-state index in [-0.39, 0.29) is 30.3 Å². The number of aliphatic hydroxyl groups is 2. The van der Waals surface area contributed by atoms with Crippen molar-refractivity contribution in [1.29, 1.82) is 0 Å². The van der Waals surface area contributed by atoms with Crippen LogP contribution in [0.3, 0.4) is 0 Å². The Kier molecular flexibility index (Phi) is 12.6. The number of nitro groups is 2. The zero-order chi connectivity index (χ0) is 38.7. The third kappa shape index (κ3) is 10.0. The number of aryl methyl sites for hydroxylation is 2. The minimum Gasteiger partial charge on any atom is -0.383 e. The number of hydrogen-bond acceptors (Lipinski definition) is 9. The number of hydrogen-bond donors (Lipinski definition) is 4. The van der Waals surface area contributed by atoms with Crippen LogP contribution >= 0.6 is 0 Å². The Morgan fingerprint density at radius 3 is 1.57 bits per heavy atom. The summed E-state index contributed by atoms with van der Waals surface area (Å²) in [6.45, 7) is 6.31. The predicted molar refractivity (Wildman–Crippen MR) is 212 cm³/mol. The van der Waals surface area contributed by atoms with Crippen LogP contribution in [-0.2, 0) is 43.3 Å². The van der Waals surface area contributed by atoms with Crippen molar-refractivity contribution < 1.29 is 32.7 Å². The van der Waals surface area contributed by atoms with Gasteiger partial charge in [-0.25, -0.2) is 8.42 Å². The minimum absolute atomic E-state index is 0. The highest BCUT2D eigenvalue weighted by Crippen LogP contribution is 2.32. The highest BCUT2D eigenvalue weighted by Gasteiger charge is 2.33. The second kappa shape index (κ2) is 16.4. The first kappa shape index (κ1) is 41.5. The highest BCUT2D eigenvalue weighted by molar-refractivity contribution is 7.90. The summed E-state index contributed by atoms with van der Waals surface area (Å²) in [7, 11) is -4.84. The zero-order valence-electron chi connectivity index (χ0n) is 29.5. The molecule has 2 heterocycles. The van der Waals surface area contributed by atoms with Gasteiger partial charge in [0.15, 0.2) is 9.84 Å². The van der Waals surface area contributed by atoms with Gasteiger partial charge in [-0.15, -0.1) is 0 Å². The first-order valence-electron chi connectivity index (χ1n) is 16.5. The van der Waals surface area contributed by atoms with Crippen LogP contribution in [0, 0.1) is 34.1 Å².